The number of anilines is 1. The average molecular weight is 390 g/mol. The summed E-state index contributed by atoms with van der Waals surface area (Å²) < 4.78 is 1.79. The Labute approximate surface area is 170 Å². The molecule has 2 heterocycles. The normalized spacial score (nSPS) is 15.2. The van der Waals surface area contributed by atoms with Gasteiger partial charge in [-0.1, -0.05) is 55.3 Å². The summed E-state index contributed by atoms with van der Waals surface area (Å²) in [5.74, 6) is 0.533. The minimum absolute atomic E-state index is 0.0733. The molecule has 0 unspecified atom stereocenters. The Kier molecular flexibility index (Phi) is 5.89. The number of nitrogens with one attached hydrogen (secondary N) is 1. The second kappa shape index (κ2) is 8.90. The third-order valence-electron chi connectivity index (χ3n) is 5.44. The van der Waals surface area contributed by atoms with E-state index in [1.165, 1.54) is 10.8 Å². The molecule has 150 valence electrons. The molecule has 1 aromatic heterocycles. The largest absolute Gasteiger partial charge is 0.333 e. The molecule has 0 atom stereocenters. The first kappa shape index (κ1) is 19.2. The standard InChI is InChI=1S/C23H26N4O2/c28-22(17-26-15-6-2-1-3-12-23(26)29)25-21-13-14-24-27(21)16-19-10-7-9-18-8-4-5-11-20(18)19/h4-5,7-11,13-14H,1-3,6,12,15-17H2,(H,25,28). The van der Waals surface area contributed by atoms with Crippen molar-refractivity contribution in [3.8, 4) is 0 Å². The zero-order chi connectivity index (χ0) is 20.1. The SMILES string of the molecule is O=C(CN1CCCCCCC1=O)Nc1ccnn1Cc1cccc2ccccc12. The number of fused-ring (bicyclic) bond motifs is 1. The van der Waals surface area contributed by atoms with Gasteiger partial charge in [0.05, 0.1) is 19.3 Å². The van der Waals surface area contributed by atoms with Gasteiger partial charge >= 0.3 is 0 Å². The number of carbonyl (C=O) groups is 2. The molecular weight excluding hydrogens is 364 g/mol. The quantitative estimate of drug-likeness (QED) is 0.720. The minimum atomic E-state index is -0.182. The van der Waals surface area contributed by atoms with E-state index in [9.17, 15) is 9.59 Å². The lowest BCUT2D eigenvalue weighted by molar-refractivity contribution is -0.135. The highest BCUT2D eigenvalue weighted by molar-refractivity contribution is 5.94. The van der Waals surface area contributed by atoms with Crippen LogP contribution >= 0.6 is 0 Å². The van der Waals surface area contributed by atoms with Crippen LogP contribution in [-0.4, -0.2) is 39.6 Å². The first-order valence-corrected chi connectivity index (χ1v) is 10.3. The third-order valence-corrected chi connectivity index (χ3v) is 5.44. The Morgan fingerprint density at radius 1 is 1.00 bits per heavy atom. The Morgan fingerprint density at radius 2 is 1.83 bits per heavy atom. The van der Waals surface area contributed by atoms with Crippen LogP contribution < -0.4 is 5.32 Å². The molecule has 0 radical (unpaired) electrons. The van der Waals surface area contributed by atoms with E-state index in [0.29, 0.717) is 25.3 Å². The lowest BCUT2D eigenvalue weighted by atomic mass is 10.0. The van der Waals surface area contributed by atoms with E-state index >= 15 is 0 Å². The van der Waals surface area contributed by atoms with Crippen molar-refractivity contribution in [3.63, 3.8) is 0 Å². The number of benzene rings is 2. The maximum absolute atomic E-state index is 12.6. The summed E-state index contributed by atoms with van der Waals surface area (Å²) in [7, 11) is 0. The molecule has 3 aromatic rings. The van der Waals surface area contributed by atoms with Crippen LogP contribution in [0, 0.1) is 0 Å². The zero-order valence-electron chi connectivity index (χ0n) is 16.5. The van der Waals surface area contributed by atoms with Gasteiger partial charge in [0.15, 0.2) is 0 Å². The topological polar surface area (TPSA) is 67.2 Å². The van der Waals surface area contributed by atoms with Crippen molar-refractivity contribution in [2.45, 2.75) is 38.6 Å². The first-order valence-electron chi connectivity index (χ1n) is 10.3. The van der Waals surface area contributed by atoms with Crippen LogP contribution in [0.15, 0.2) is 54.7 Å². The molecule has 1 saturated heterocycles. The van der Waals surface area contributed by atoms with Crippen molar-refractivity contribution < 1.29 is 9.59 Å². The van der Waals surface area contributed by atoms with Crippen LogP contribution in [0.5, 0.6) is 0 Å². The smallest absolute Gasteiger partial charge is 0.245 e. The molecule has 1 fully saturated rings. The Bertz CT molecular complexity index is 1010. The predicted octanol–water partition coefficient (Wildman–Crippen LogP) is 3.82. The fourth-order valence-electron chi connectivity index (χ4n) is 3.89. The number of aromatic nitrogens is 2. The lowest BCUT2D eigenvalue weighted by Gasteiger charge is -2.24. The van der Waals surface area contributed by atoms with Gasteiger partial charge in [0.1, 0.15) is 5.82 Å². The molecule has 1 aliphatic heterocycles. The van der Waals surface area contributed by atoms with E-state index in [1.54, 1.807) is 21.8 Å². The van der Waals surface area contributed by atoms with E-state index in [4.69, 9.17) is 0 Å². The van der Waals surface area contributed by atoms with Gasteiger partial charge in [0.2, 0.25) is 11.8 Å². The third kappa shape index (κ3) is 4.65. The highest BCUT2D eigenvalue weighted by Crippen LogP contribution is 2.20. The second-order valence-electron chi connectivity index (χ2n) is 7.54. The Balaban J connectivity index is 1.45. The predicted molar refractivity (Wildman–Crippen MR) is 114 cm³/mol. The lowest BCUT2D eigenvalue weighted by Crippen LogP contribution is -2.39. The van der Waals surface area contributed by atoms with E-state index in [2.05, 4.69) is 34.7 Å². The van der Waals surface area contributed by atoms with Gasteiger partial charge in [0, 0.05) is 19.0 Å². The maximum atomic E-state index is 12.6. The number of hydrogen-bond donors (Lipinski definition) is 1. The fraction of sp³-hybridized carbons (Fsp3) is 0.348. The minimum Gasteiger partial charge on any atom is -0.333 e. The van der Waals surface area contributed by atoms with Crippen LogP contribution in [-0.2, 0) is 16.1 Å². The molecular formula is C23H26N4O2. The number of amides is 2. The zero-order valence-corrected chi connectivity index (χ0v) is 16.5. The molecule has 0 saturated carbocycles. The van der Waals surface area contributed by atoms with Gasteiger partial charge in [-0.05, 0) is 29.2 Å². The van der Waals surface area contributed by atoms with Crippen molar-refractivity contribution >= 4 is 28.4 Å². The molecule has 1 N–H and O–H groups in total. The Hall–Kier alpha value is -3.15. The van der Waals surface area contributed by atoms with Crippen molar-refractivity contribution in [1.82, 2.24) is 14.7 Å². The van der Waals surface area contributed by atoms with Gasteiger partial charge in [-0.15, -0.1) is 0 Å². The molecule has 4 rings (SSSR count). The van der Waals surface area contributed by atoms with E-state index < -0.39 is 0 Å². The van der Waals surface area contributed by atoms with Gasteiger partial charge < -0.3 is 10.2 Å². The summed E-state index contributed by atoms with van der Waals surface area (Å²) in [6, 6.07) is 16.2. The molecule has 0 aliphatic carbocycles. The first-order chi connectivity index (χ1) is 14.2. The van der Waals surface area contributed by atoms with Crippen LogP contribution in [0.3, 0.4) is 0 Å². The van der Waals surface area contributed by atoms with Crippen LogP contribution in [0.4, 0.5) is 5.82 Å². The van der Waals surface area contributed by atoms with Crippen LogP contribution in [0.1, 0.15) is 37.7 Å². The average Bonchev–Trinajstić information content (AvgIpc) is 3.14. The molecule has 2 aromatic carbocycles. The van der Waals surface area contributed by atoms with E-state index in [1.807, 2.05) is 18.2 Å². The van der Waals surface area contributed by atoms with Gasteiger partial charge in [-0.2, -0.15) is 5.10 Å². The van der Waals surface area contributed by atoms with Crippen molar-refractivity contribution in [2.24, 2.45) is 0 Å². The number of nitrogens with zero attached hydrogens (tertiary/aromatic N) is 3. The van der Waals surface area contributed by atoms with Crippen molar-refractivity contribution in [3.05, 3.63) is 60.3 Å². The second-order valence-corrected chi connectivity index (χ2v) is 7.54. The summed E-state index contributed by atoms with van der Waals surface area (Å²) in [6.07, 6.45) is 6.30. The summed E-state index contributed by atoms with van der Waals surface area (Å²) in [5.41, 5.74) is 1.14. The highest BCUT2D eigenvalue weighted by atomic mass is 16.2. The molecule has 29 heavy (non-hydrogen) atoms. The monoisotopic (exact) mass is 390 g/mol. The summed E-state index contributed by atoms with van der Waals surface area (Å²) in [5, 5.41) is 9.67. The molecule has 6 heteroatoms. The summed E-state index contributed by atoms with van der Waals surface area (Å²) in [6.45, 7) is 1.31. The molecule has 0 spiro atoms. The molecule has 1 aliphatic rings. The highest BCUT2D eigenvalue weighted by Gasteiger charge is 2.19. The number of hydrogen-bond acceptors (Lipinski definition) is 3. The fourth-order valence-corrected chi connectivity index (χ4v) is 3.89. The molecule has 6 nitrogen and oxygen atoms in total. The van der Waals surface area contributed by atoms with Crippen molar-refractivity contribution in [2.75, 3.05) is 18.4 Å². The summed E-state index contributed by atoms with van der Waals surface area (Å²) in [4.78, 5) is 26.5. The maximum Gasteiger partial charge on any atom is 0.245 e. The van der Waals surface area contributed by atoms with Crippen LogP contribution in [0.2, 0.25) is 0 Å². The Morgan fingerprint density at radius 3 is 2.76 bits per heavy atom. The van der Waals surface area contributed by atoms with Crippen LogP contribution in [0.25, 0.3) is 10.8 Å². The van der Waals surface area contributed by atoms with E-state index in [-0.39, 0.29) is 18.4 Å². The van der Waals surface area contributed by atoms with Crippen molar-refractivity contribution in [1.29, 1.82) is 0 Å². The molecule has 0 bridgehead atoms. The van der Waals surface area contributed by atoms with Gasteiger partial charge in [0.25, 0.3) is 0 Å². The summed E-state index contributed by atoms with van der Waals surface area (Å²) >= 11 is 0. The van der Waals surface area contributed by atoms with Gasteiger partial charge in [-0.3, -0.25) is 9.59 Å². The van der Waals surface area contributed by atoms with E-state index in [0.717, 1.165) is 31.2 Å². The number of carbonyl (C=O) groups excluding carboxylic acids is 2. The molecule has 2 amide bonds. The number of rotatable bonds is 5. The van der Waals surface area contributed by atoms with Gasteiger partial charge in [-0.25, -0.2) is 4.68 Å². The number of likely N-dealkylation sites (tertiary alicyclic amines) is 1.